The van der Waals surface area contributed by atoms with Crippen molar-refractivity contribution in [1.82, 2.24) is 0 Å². The van der Waals surface area contributed by atoms with Crippen molar-refractivity contribution in [2.75, 3.05) is 0 Å². The number of allylic oxidation sites excluding steroid dienone is 6. The highest BCUT2D eigenvalue weighted by molar-refractivity contribution is 6.31. The van der Waals surface area contributed by atoms with Gasteiger partial charge >= 0.3 is 0 Å². The van der Waals surface area contributed by atoms with Gasteiger partial charge in [0.25, 0.3) is 0 Å². The lowest BCUT2D eigenvalue weighted by Gasteiger charge is -2.10. The van der Waals surface area contributed by atoms with Gasteiger partial charge in [-0.2, -0.15) is 0 Å². The lowest BCUT2D eigenvalue weighted by molar-refractivity contribution is 0.104. The van der Waals surface area contributed by atoms with Crippen LogP contribution in [0.4, 0.5) is 0 Å². The van der Waals surface area contributed by atoms with Crippen molar-refractivity contribution in [3.05, 3.63) is 101 Å². The average Bonchev–Trinajstić information content (AvgIpc) is 3.13. The van der Waals surface area contributed by atoms with Gasteiger partial charge in [-0.1, -0.05) is 66.2 Å². The zero-order valence-corrected chi connectivity index (χ0v) is 13.9. The van der Waals surface area contributed by atoms with Gasteiger partial charge in [-0.15, -0.1) is 0 Å². The zero-order valence-electron chi connectivity index (χ0n) is 13.1. The van der Waals surface area contributed by atoms with Crippen molar-refractivity contribution < 1.29 is 9.53 Å². The van der Waals surface area contributed by atoms with Gasteiger partial charge < -0.3 is 4.74 Å². The molecular weight excluding hydrogens is 320 g/mol. The minimum atomic E-state index is -0.117. The van der Waals surface area contributed by atoms with E-state index in [-0.39, 0.29) is 5.78 Å². The van der Waals surface area contributed by atoms with Gasteiger partial charge in [0, 0.05) is 5.02 Å². The molecule has 0 saturated carbocycles. The van der Waals surface area contributed by atoms with E-state index in [9.17, 15) is 4.79 Å². The Morgan fingerprint density at radius 2 is 2.00 bits per heavy atom. The van der Waals surface area contributed by atoms with E-state index in [0.29, 0.717) is 22.9 Å². The first-order valence-electron chi connectivity index (χ1n) is 7.77. The summed E-state index contributed by atoms with van der Waals surface area (Å²) in [5.41, 5.74) is 2.63. The first kappa shape index (κ1) is 16.3. The van der Waals surface area contributed by atoms with E-state index in [1.54, 1.807) is 24.3 Å². The van der Waals surface area contributed by atoms with Gasteiger partial charge in [-0.05, 0) is 41.8 Å². The van der Waals surface area contributed by atoms with Crippen LogP contribution in [-0.2, 0) is 6.61 Å². The number of hydrogen-bond donors (Lipinski definition) is 0. The van der Waals surface area contributed by atoms with Crippen molar-refractivity contribution in [2.45, 2.75) is 13.0 Å². The van der Waals surface area contributed by atoms with Crippen LogP contribution in [0.2, 0.25) is 5.02 Å². The second-order valence-corrected chi connectivity index (χ2v) is 5.92. The maximum atomic E-state index is 12.5. The maximum absolute atomic E-state index is 12.5. The summed E-state index contributed by atoms with van der Waals surface area (Å²) in [5.74, 6) is 0.421. The summed E-state index contributed by atoms with van der Waals surface area (Å²) in [5, 5.41) is 0.514. The number of carbonyl (C=O) groups excluding carboxylic acids is 1. The van der Waals surface area contributed by atoms with Crippen LogP contribution in [0.3, 0.4) is 0 Å². The summed E-state index contributed by atoms with van der Waals surface area (Å²) in [7, 11) is 0. The number of carbonyl (C=O) groups is 1. The highest BCUT2D eigenvalue weighted by Crippen LogP contribution is 2.25. The Bertz CT molecular complexity index is 817. The lowest BCUT2D eigenvalue weighted by Crippen LogP contribution is -2.02. The molecule has 0 saturated heterocycles. The summed E-state index contributed by atoms with van der Waals surface area (Å²) in [6.45, 7) is 0.404. The lowest BCUT2D eigenvalue weighted by atomic mass is 10.1. The van der Waals surface area contributed by atoms with E-state index < -0.39 is 0 Å². The van der Waals surface area contributed by atoms with Crippen LogP contribution < -0.4 is 4.74 Å². The summed E-state index contributed by atoms with van der Waals surface area (Å²) in [6, 6.07) is 15.0. The summed E-state index contributed by atoms with van der Waals surface area (Å²) in [6.07, 6.45) is 10.3. The third-order valence-electron chi connectivity index (χ3n) is 3.69. The van der Waals surface area contributed by atoms with E-state index in [1.165, 1.54) is 0 Å². The average molecular weight is 337 g/mol. The molecule has 3 heteroatoms. The predicted molar refractivity (Wildman–Crippen MR) is 97.5 cm³/mol. The molecule has 2 aromatic carbocycles. The second-order valence-electron chi connectivity index (χ2n) is 5.49. The third kappa shape index (κ3) is 4.24. The summed E-state index contributed by atoms with van der Waals surface area (Å²) in [4.78, 5) is 12.5. The molecule has 1 aliphatic carbocycles. The number of hydrogen-bond acceptors (Lipinski definition) is 2. The van der Waals surface area contributed by atoms with E-state index in [4.69, 9.17) is 16.3 Å². The molecule has 2 aromatic rings. The highest BCUT2D eigenvalue weighted by atomic mass is 35.5. The van der Waals surface area contributed by atoms with E-state index in [1.807, 2.05) is 48.6 Å². The molecule has 0 aromatic heterocycles. The van der Waals surface area contributed by atoms with Gasteiger partial charge in [0.05, 0.1) is 5.56 Å². The second kappa shape index (κ2) is 7.80. The molecule has 2 nitrogen and oxygen atoms in total. The fraction of sp³-hybridized carbons (Fsp3) is 0.0952. The monoisotopic (exact) mass is 336 g/mol. The van der Waals surface area contributed by atoms with Crippen LogP contribution in [-0.4, -0.2) is 5.78 Å². The van der Waals surface area contributed by atoms with Crippen molar-refractivity contribution in [1.29, 1.82) is 0 Å². The van der Waals surface area contributed by atoms with Gasteiger partial charge in [-0.25, -0.2) is 0 Å². The zero-order chi connectivity index (χ0) is 16.8. The first-order valence-corrected chi connectivity index (χ1v) is 8.14. The van der Waals surface area contributed by atoms with Crippen molar-refractivity contribution in [2.24, 2.45) is 0 Å². The molecule has 0 N–H and O–H groups in total. The Labute approximate surface area is 146 Å². The van der Waals surface area contributed by atoms with Crippen LogP contribution in [0, 0.1) is 0 Å². The minimum absolute atomic E-state index is 0.117. The van der Waals surface area contributed by atoms with Crippen LogP contribution >= 0.6 is 11.6 Å². The topological polar surface area (TPSA) is 26.3 Å². The smallest absolute Gasteiger partial charge is 0.189 e. The summed E-state index contributed by atoms with van der Waals surface area (Å²) >= 11 is 6.05. The molecule has 3 rings (SSSR count). The molecule has 0 unspecified atom stereocenters. The van der Waals surface area contributed by atoms with Crippen LogP contribution in [0.5, 0.6) is 5.75 Å². The molecule has 0 radical (unpaired) electrons. The van der Waals surface area contributed by atoms with Gasteiger partial charge in [0.1, 0.15) is 12.4 Å². The SMILES string of the molecule is O=C(C=CC1=CC=CC1)c1cc(Cl)ccc1OCc1ccccc1. The molecule has 0 bridgehead atoms. The fourth-order valence-electron chi connectivity index (χ4n) is 2.42. The van der Waals surface area contributed by atoms with Gasteiger partial charge in [0.15, 0.2) is 5.78 Å². The Kier molecular flexibility index (Phi) is 5.29. The highest BCUT2D eigenvalue weighted by Gasteiger charge is 2.12. The predicted octanol–water partition coefficient (Wildman–Crippen LogP) is 5.54. The Morgan fingerprint density at radius 3 is 2.75 bits per heavy atom. The van der Waals surface area contributed by atoms with Crippen molar-refractivity contribution in [3.8, 4) is 5.75 Å². The van der Waals surface area contributed by atoms with Gasteiger partial charge in [-0.3, -0.25) is 4.79 Å². The largest absolute Gasteiger partial charge is 0.488 e. The Balaban J connectivity index is 1.76. The molecule has 0 aliphatic heterocycles. The molecule has 0 spiro atoms. The third-order valence-corrected chi connectivity index (χ3v) is 3.93. The fourth-order valence-corrected chi connectivity index (χ4v) is 2.59. The molecule has 120 valence electrons. The Morgan fingerprint density at radius 1 is 1.17 bits per heavy atom. The quantitative estimate of drug-likeness (QED) is 0.511. The van der Waals surface area contributed by atoms with Crippen LogP contribution in [0.25, 0.3) is 0 Å². The number of halogens is 1. The minimum Gasteiger partial charge on any atom is -0.488 e. The van der Waals surface area contributed by atoms with E-state index in [2.05, 4.69) is 6.08 Å². The molecule has 0 amide bonds. The number of ether oxygens (including phenoxy) is 1. The number of ketones is 1. The molecular formula is C21H17ClO2. The number of rotatable bonds is 6. The normalized spacial score (nSPS) is 13.3. The van der Waals surface area contributed by atoms with Gasteiger partial charge in [0.2, 0.25) is 0 Å². The van der Waals surface area contributed by atoms with Crippen LogP contribution in [0.15, 0.2) is 84.5 Å². The summed E-state index contributed by atoms with van der Waals surface area (Å²) < 4.78 is 5.83. The standard InChI is InChI=1S/C21H17ClO2/c22-18-11-13-21(24-15-17-8-2-1-3-9-17)19(14-18)20(23)12-10-16-6-4-5-7-16/h1-6,8-14H,7,15H2. The molecule has 1 aliphatic rings. The van der Waals surface area contributed by atoms with Crippen molar-refractivity contribution >= 4 is 17.4 Å². The molecule has 24 heavy (non-hydrogen) atoms. The van der Waals surface area contributed by atoms with Crippen LogP contribution in [0.1, 0.15) is 22.3 Å². The van der Waals surface area contributed by atoms with Crippen molar-refractivity contribution in [3.63, 3.8) is 0 Å². The molecule has 0 atom stereocenters. The Hall–Kier alpha value is -2.58. The molecule has 0 fully saturated rings. The first-order chi connectivity index (χ1) is 11.7. The maximum Gasteiger partial charge on any atom is 0.189 e. The molecule has 0 heterocycles. The van der Waals surface area contributed by atoms with E-state index in [0.717, 1.165) is 17.6 Å². The van der Waals surface area contributed by atoms with E-state index >= 15 is 0 Å². The number of benzene rings is 2.